The molecule has 0 amide bonds. The van der Waals surface area contributed by atoms with Crippen molar-refractivity contribution in [3.63, 3.8) is 0 Å². The molecule has 1 rings (SSSR count). The molecule has 0 aliphatic heterocycles. The molecule has 1 saturated carbocycles. The zero-order chi connectivity index (χ0) is 7.99. The van der Waals surface area contributed by atoms with Gasteiger partial charge in [0, 0.05) is 6.42 Å². The molecule has 2 atom stereocenters. The molecule has 0 spiro atoms. The van der Waals surface area contributed by atoms with Crippen LogP contribution in [0.25, 0.3) is 0 Å². The van der Waals surface area contributed by atoms with Crippen LogP contribution >= 0.6 is 0 Å². The van der Waals surface area contributed by atoms with Crippen LogP contribution in [0.4, 0.5) is 0 Å². The highest BCUT2D eigenvalue weighted by atomic mass is 16.5. The van der Waals surface area contributed by atoms with E-state index >= 15 is 0 Å². The SMILES string of the molecule is NC1CCC(O)(O)C1(N)O. The van der Waals surface area contributed by atoms with Crippen molar-refractivity contribution < 1.29 is 15.3 Å². The number of aliphatic hydroxyl groups is 3. The summed E-state index contributed by atoms with van der Waals surface area (Å²) in [5.41, 5.74) is 8.36. The number of hydrogen-bond donors (Lipinski definition) is 5. The van der Waals surface area contributed by atoms with E-state index in [2.05, 4.69) is 0 Å². The molecule has 1 fully saturated rings. The summed E-state index contributed by atoms with van der Waals surface area (Å²) in [6, 6.07) is -0.762. The Kier molecular flexibility index (Phi) is 1.50. The molecular weight excluding hydrogens is 136 g/mol. The van der Waals surface area contributed by atoms with Crippen molar-refractivity contribution in [2.45, 2.75) is 30.4 Å². The van der Waals surface area contributed by atoms with Gasteiger partial charge in [0.05, 0.1) is 6.04 Å². The summed E-state index contributed by atoms with van der Waals surface area (Å²) in [5.74, 6) is -2.23. The van der Waals surface area contributed by atoms with Crippen LogP contribution < -0.4 is 11.5 Å². The van der Waals surface area contributed by atoms with Gasteiger partial charge in [-0.3, -0.25) is 5.73 Å². The van der Waals surface area contributed by atoms with E-state index in [4.69, 9.17) is 26.8 Å². The lowest BCUT2D eigenvalue weighted by Gasteiger charge is -2.31. The van der Waals surface area contributed by atoms with E-state index in [1.807, 2.05) is 0 Å². The molecule has 0 heterocycles. The van der Waals surface area contributed by atoms with Crippen molar-refractivity contribution in [1.29, 1.82) is 0 Å². The van der Waals surface area contributed by atoms with Crippen molar-refractivity contribution in [1.82, 2.24) is 0 Å². The molecule has 60 valence electrons. The lowest BCUT2D eigenvalue weighted by atomic mass is 10.1. The minimum absolute atomic E-state index is 0.0150. The Hall–Kier alpha value is -0.200. The van der Waals surface area contributed by atoms with Crippen molar-refractivity contribution in [2.75, 3.05) is 0 Å². The predicted molar refractivity (Wildman–Crippen MR) is 33.5 cm³/mol. The monoisotopic (exact) mass is 148 g/mol. The summed E-state index contributed by atoms with van der Waals surface area (Å²) in [6.07, 6.45) is 0.334. The van der Waals surface area contributed by atoms with Gasteiger partial charge in [0.1, 0.15) is 0 Å². The molecular formula is C5H12N2O3. The van der Waals surface area contributed by atoms with Gasteiger partial charge in [-0.15, -0.1) is 0 Å². The Balaban J connectivity index is 2.84. The Morgan fingerprint density at radius 3 is 1.90 bits per heavy atom. The number of rotatable bonds is 0. The first-order chi connectivity index (χ1) is 4.38. The predicted octanol–water partition coefficient (Wildman–Crippen LogP) is -2.56. The third-order valence-corrected chi connectivity index (χ3v) is 2.01. The molecule has 0 radical (unpaired) electrons. The summed E-state index contributed by atoms with van der Waals surface area (Å²) in [5, 5.41) is 27.1. The first-order valence-electron chi connectivity index (χ1n) is 3.09. The van der Waals surface area contributed by atoms with Crippen molar-refractivity contribution in [2.24, 2.45) is 11.5 Å². The summed E-state index contributed by atoms with van der Waals surface area (Å²) in [7, 11) is 0. The highest BCUT2D eigenvalue weighted by Gasteiger charge is 2.54. The summed E-state index contributed by atoms with van der Waals surface area (Å²) < 4.78 is 0. The molecule has 5 nitrogen and oxygen atoms in total. The van der Waals surface area contributed by atoms with Crippen molar-refractivity contribution in [3.8, 4) is 0 Å². The highest BCUT2D eigenvalue weighted by Crippen LogP contribution is 2.32. The van der Waals surface area contributed by atoms with Crippen LogP contribution in [0.5, 0.6) is 0 Å². The first-order valence-corrected chi connectivity index (χ1v) is 3.09. The molecule has 10 heavy (non-hydrogen) atoms. The fraction of sp³-hybridized carbons (Fsp3) is 1.00. The highest BCUT2D eigenvalue weighted by molar-refractivity contribution is 5.01. The Bertz CT molecular complexity index is 146. The summed E-state index contributed by atoms with van der Waals surface area (Å²) >= 11 is 0. The fourth-order valence-electron chi connectivity index (χ4n) is 1.07. The topological polar surface area (TPSA) is 113 Å². The van der Waals surface area contributed by atoms with Crippen molar-refractivity contribution in [3.05, 3.63) is 0 Å². The Morgan fingerprint density at radius 1 is 1.30 bits per heavy atom. The zero-order valence-corrected chi connectivity index (χ0v) is 5.49. The smallest absolute Gasteiger partial charge is 0.207 e. The van der Waals surface area contributed by atoms with Gasteiger partial charge in [0.2, 0.25) is 5.79 Å². The van der Waals surface area contributed by atoms with Crippen LogP contribution in [-0.4, -0.2) is 32.9 Å². The molecule has 0 aromatic rings. The van der Waals surface area contributed by atoms with Gasteiger partial charge in [-0.2, -0.15) is 0 Å². The lowest BCUT2D eigenvalue weighted by Crippen LogP contribution is -2.64. The molecule has 0 saturated heterocycles. The van der Waals surface area contributed by atoms with Crippen LogP contribution in [-0.2, 0) is 0 Å². The van der Waals surface area contributed by atoms with Gasteiger partial charge in [0.15, 0.2) is 5.72 Å². The first kappa shape index (κ1) is 7.90. The van der Waals surface area contributed by atoms with Gasteiger partial charge < -0.3 is 21.1 Å². The number of hydrogen-bond acceptors (Lipinski definition) is 5. The average molecular weight is 148 g/mol. The third kappa shape index (κ3) is 0.834. The van der Waals surface area contributed by atoms with E-state index in [9.17, 15) is 0 Å². The molecule has 7 N–H and O–H groups in total. The summed E-state index contributed by atoms with van der Waals surface area (Å²) in [6.45, 7) is 0. The molecule has 0 aromatic heterocycles. The second-order valence-corrected chi connectivity index (χ2v) is 2.79. The van der Waals surface area contributed by atoms with E-state index in [-0.39, 0.29) is 6.42 Å². The van der Waals surface area contributed by atoms with Gasteiger partial charge in [-0.05, 0) is 6.42 Å². The average Bonchev–Trinajstić information content (AvgIpc) is 1.94. The minimum Gasteiger partial charge on any atom is -0.369 e. The van der Waals surface area contributed by atoms with Gasteiger partial charge in [0.25, 0.3) is 0 Å². The van der Waals surface area contributed by atoms with Crippen LogP contribution in [0, 0.1) is 0 Å². The number of nitrogens with two attached hydrogens (primary N) is 2. The van der Waals surface area contributed by atoms with E-state index < -0.39 is 17.6 Å². The largest absolute Gasteiger partial charge is 0.369 e. The molecule has 0 aromatic carbocycles. The Morgan fingerprint density at radius 2 is 1.80 bits per heavy atom. The van der Waals surface area contributed by atoms with Gasteiger partial charge in [-0.25, -0.2) is 0 Å². The van der Waals surface area contributed by atoms with Crippen LogP contribution in [0.2, 0.25) is 0 Å². The molecule has 2 unspecified atom stereocenters. The van der Waals surface area contributed by atoms with Crippen LogP contribution in [0.15, 0.2) is 0 Å². The Labute approximate surface area is 58.3 Å². The fourth-order valence-corrected chi connectivity index (χ4v) is 1.07. The second kappa shape index (κ2) is 1.90. The molecule has 1 aliphatic rings. The standard InChI is InChI=1S/C5H12N2O3/c6-3-1-2-4(8,9)5(3,7)10/h3,8-10H,1-2,6-7H2. The van der Waals surface area contributed by atoms with Gasteiger partial charge in [-0.1, -0.05) is 0 Å². The maximum absolute atomic E-state index is 9.14. The quantitative estimate of drug-likeness (QED) is 0.242. The molecule has 0 bridgehead atoms. The normalized spacial score (nSPS) is 45.9. The third-order valence-electron chi connectivity index (χ3n) is 2.01. The van der Waals surface area contributed by atoms with Crippen LogP contribution in [0.3, 0.4) is 0 Å². The maximum atomic E-state index is 9.14. The molecule has 5 heteroatoms. The minimum atomic E-state index is -2.23. The second-order valence-electron chi connectivity index (χ2n) is 2.79. The van der Waals surface area contributed by atoms with E-state index in [0.717, 1.165) is 0 Å². The summed E-state index contributed by atoms with van der Waals surface area (Å²) in [4.78, 5) is 0. The van der Waals surface area contributed by atoms with E-state index in [0.29, 0.717) is 6.42 Å². The van der Waals surface area contributed by atoms with Gasteiger partial charge >= 0.3 is 0 Å². The lowest BCUT2D eigenvalue weighted by molar-refractivity contribution is -0.258. The zero-order valence-electron chi connectivity index (χ0n) is 5.49. The maximum Gasteiger partial charge on any atom is 0.207 e. The van der Waals surface area contributed by atoms with Crippen molar-refractivity contribution >= 4 is 0 Å². The molecule has 1 aliphatic carbocycles. The van der Waals surface area contributed by atoms with Crippen LogP contribution in [0.1, 0.15) is 12.8 Å². The van der Waals surface area contributed by atoms with E-state index in [1.165, 1.54) is 0 Å². The van der Waals surface area contributed by atoms with E-state index in [1.54, 1.807) is 0 Å².